The van der Waals surface area contributed by atoms with Gasteiger partial charge in [0.25, 0.3) is 0 Å². The Labute approximate surface area is 139 Å². The fourth-order valence-corrected chi connectivity index (χ4v) is 2.54. The van der Waals surface area contributed by atoms with Crippen LogP contribution in [-0.4, -0.2) is 76.1 Å². The molecule has 1 heterocycles. The second kappa shape index (κ2) is 8.21. The standard InChI is InChI=1S/C16H24O8/c1-8(12(18)9-3-5-10(22-2)6-4-9)23-16-15(21)14(20)13(19)11(7-17)24-16/h3-6,8,11-21H,7H2,1-2H3/t8-,11-,12+,13-,14+,15-,16-/m1/s1. The summed E-state index contributed by atoms with van der Waals surface area (Å²) in [6, 6.07) is 6.74. The predicted molar refractivity (Wildman–Crippen MR) is 82.3 cm³/mol. The van der Waals surface area contributed by atoms with Crippen molar-refractivity contribution in [3.8, 4) is 5.75 Å². The molecule has 7 atom stereocenters. The van der Waals surface area contributed by atoms with Crippen molar-refractivity contribution < 1.29 is 39.7 Å². The lowest BCUT2D eigenvalue weighted by Gasteiger charge is -2.41. The first-order chi connectivity index (χ1) is 11.4. The summed E-state index contributed by atoms with van der Waals surface area (Å²) in [7, 11) is 1.54. The third-order valence-corrected chi connectivity index (χ3v) is 4.10. The quantitative estimate of drug-likeness (QED) is 0.441. The van der Waals surface area contributed by atoms with Crippen molar-refractivity contribution in [2.45, 2.75) is 49.8 Å². The molecule has 1 saturated heterocycles. The Bertz CT molecular complexity index is 505. The third-order valence-electron chi connectivity index (χ3n) is 4.10. The molecule has 0 aliphatic carbocycles. The highest BCUT2D eigenvalue weighted by atomic mass is 16.7. The van der Waals surface area contributed by atoms with Crippen LogP contribution in [-0.2, 0) is 9.47 Å². The molecular formula is C16H24O8. The smallest absolute Gasteiger partial charge is 0.187 e. The van der Waals surface area contributed by atoms with Gasteiger partial charge in [0.2, 0.25) is 0 Å². The second-order valence-corrected chi connectivity index (χ2v) is 5.76. The Hall–Kier alpha value is -1.26. The Balaban J connectivity index is 2.02. The van der Waals surface area contributed by atoms with E-state index in [1.54, 1.807) is 31.2 Å². The average molecular weight is 344 g/mol. The van der Waals surface area contributed by atoms with Gasteiger partial charge in [-0.15, -0.1) is 0 Å². The van der Waals surface area contributed by atoms with E-state index >= 15 is 0 Å². The molecule has 0 aromatic heterocycles. The number of rotatable bonds is 6. The molecule has 1 fully saturated rings. The zero-order valence-electron chi connectivity index (χ0n) is 13.5. The zero-order chi connectivity index (χ0) is 17.9. The van der Waals surface area contributed by atoms with Crippen molar-refractivity contribution in [2.75, 3.05) is 13.7 Å². The molecule has 2 rings (SSSR count). The van der Waals surface area contributed by atoms with Gasteiger partial charge in [-0.1, -0.05) is 12.1 Å². The van der Waals surface area contributed by atoms with E-state index in [2.05, 4.69) is 0 Å². The van der Waals surface area contributed by atoms with Gasteiger partial charge in [0.05, 0.1) is 19.8 Å². The number of hydrogen-bond acceptors (Lipinski definition) is 8. The summed E-state index contributed by atoms with van der Waals surface area (Å²) in [4.78, 5) is 0. The van der Waals surface area contributed by atoms with Crippen LogP contribution < -0.4 is 4.74 Å². The van der Waals surface area contributed by atoms with E-state index in [1.807, 2.05) is 0 Å². The maximum Gasteiger partial charge on any atom is 0.187 e. The molecule has 8 nitrogen and oxygen atoms in total. The molecule has 0 amide bonds. The monoisotopic (exact) mass is 344 g/mol. The SMILES string of the molecule is COc1ccc([C@@H](O)[C@@H](C)O[C@@H]2O[C@H](CO)[C@@H](O)[C@H](O)[C@H]2O)cc1. The van der Waals surface area contributed by atoms with Gasteiger partial charge in [0, 0.05) is 0 Å². The Morgan fingerprint density at radius 2 is 1.71 bits per heavy atom. The maximum atomic E-state index is 10.3. The van der Waals surface area contributed by atoms with E-state index < -0.39 is 49.5 Å². The Kier molecular flexibility index (Phi) is 6.53. The van der Waals surface area contributed by atoms with E-state index in [9.17, 15) is 20.4 Å². The maximum absolute atomic E-state index is 10.3. The molecule has 1 aromatic carbocycles. The topological polar surface area (TPSA) is 129 Å². The van der Waals surface area contributed by atoms with Crippen LogP contribution in [0.3, 0.4) is 0 Å². The van der Waals surface area contributed by atoms with Crippen molar-refractivity contribution in [3.63, 3.8) is 0 Å². The molecule has 1 aliphatic rings. The highest BCUT2D eigenvalue weighted by molar-refractivity contribution is 5.28. The zero-order valence-corrected chi connectivity index (χ0v) is 13.5. The summed E-state index contributed by atoms with van der Waals surface area (Å²) in [5.41, 5.74) is 0.577. The van der Waals surface area contributed by atoms with Crippen LogP contribution in [0.25, 0.3) is 0 Å². The molecule has 0 spiro atoms. The van der Waals surface area contributed by atoms with Crippen LogP contribution in [0.15, 0.2) is 24.3 Å². The normalized spacial score (nSPS) is 33.0. The first-order valence-electron chi connectivity index (χ1n) is 7.67. The fourth-order valence-electron chi connectivity index (χ4n) is 2.54. The number of aliphatic hydroxyl groups is 5. The van der Waals surface area contributed by atoms with Crippen LogP contribution in [0.2, 0.25) is 0 Å². The third kappa shape index (κ3) is 4.04. The fraction of sp³-hybridized carbons (Fsp3) is 0.625. The van der Waals surface area contributed by atoms with Gasteiger partial charge in [-0.05, 0) is 24.6 Å². The van der Waals surface area contributed by atoms with E-state index in [0.29, 0.717) is 11.3 Å². The van der Waals surface area contributed by atoms with Crippen molar-refractivity contribution in [3.05, 3.63) is 29.8 Å². The average Bonchev–Trinajstić information content (AvgIpc) is 2.61. The van der Waals surface area contributed by atoms with Gasteiger partial charge in [-0.2, -0.15) is 0 Å². The minimum absolute atomic E-state index is 0.541. The molecule has 1 aromatic rings. The summed E-state index contributed by atoms with van der Waals surface area (Å²) in [6.45, 7) is 1.04. The molecule has 0 unspecified atom stereocenters. The number of benzene rings is 1. The molecule has 136 valence electrons. The molecule has 0 saturated carbocycles. The summed E-state index contributed by atoms with van der Waals surface area (Å²) in [6.07, 6.45) is -8.61. The van der Waals surface area contributed by atoms with E-state index in [-0.39, 0.29) is 0 Å². The molecule has 0 radical (unpaired) electrons. The molecule has 5 N–H and O–H groups in total. The van der Waals surface area contributed by atoms with Gasteiger partial charge < -0.3 is 39.7 Å². The molecular weight excluding hydrogens is 320 g/mol. The highest BCUT2D eigenvalue weighted by Gasteiger charge is 2.44. The Morgan fingerprint density at radius 1 is 1.08 bits per heavy atom. The van der Waals surface area contributed by atoms with Gasteiger partial charge in [-0.3, -0.25) is 0 Å². The number of ether oxygens (including phenoxy) is 3. The summed E-state index contributed by atoms with van der Waals surface area (Å²) < 4.78 is 15.8. The van der Waals surface area contributed by atoms with Gasteiger partial charge >= 0.3 is 0 Å². The van der Waals surface area contributed by atoms with Crippen LogP contribution in [0.5, 0.6) is 5.75 Å². The minimum atomic E-state index is -1.52. The van der Waals surface area contributed by atoms with Gasteiger partial charge in [-0.25, -0.2) is 0 Å². The minimum Gasteiger partial charge on any atom is -0.497 e. The van der Waals surface area contributed by atoms with Crippen molar-refractivity contribution >= 4 is 0 Å². The molecule has 8 heteroatoms. The molecule has 1 aliphatic heterocycles. The second-order valence-electron chi connectivity index (χ2n) is 5.76. The Morgan fingerprint density at radius 3 is 2.25 bits per heavy atom. The van der Waals surface area contributed by atoms with E-state index in [4.69, 9.17) is 19.3 Å². The van der Waals surface area contributed by atoms with Crippen molar-refractivity contribution in [2.24, 2.45) is 0 Å². The van der Waals surface area contributed by atoms with Gasteiger partial charge in [0.1, 0.15) is 36.3 Å². The number of methoxy groups -OCH3 is 1. The molecule has 0 bridgehead atoms. The number of hydrogen-bond donors (Lipinski definition) is 5. The lowest BCUT2D eigenvalue weighted by molar-refractivity contribution is -0.315. The van der Waals surface area contributed by atoms with Crippen molar-refractivity contribution in [1.82, 2.24) is 0 Å². The largest absolute Gasteiger partial charge is 0.497 e. The summed E-state index contributed by atoms with van der Waals surface area (Å²) in [5.74, 6) is 0.647. The number of aliphatic hydroxyl groups excluding tert-OH is 5. The lowest BCUT2D eigenvalue weighted by atomic mass is 9.99. The van der Waals surface area contributed by atoms with Gasteiger partial charge in [0.15, 0.2) is 6.29 Å². The first kappa shape index (κ1) is 19.1. The summed E-state index contributed by atoms with van der Waals surface area (Å²) >= 11 is 0. The molecule has 24 heavy (non-hydrogen) atoms. The van der Waals surface area contributed by atoms with Crippen molar-refractivity contribution in [1.29, 1.82) is 0 Å². The van der Waals surface area contributed by atoms with Crippen LogP contribution in [0, 0.1) is 0 Å². The predicted octanol–water partition coefficient (Wildman–Crippen LogP) is -1.07. The summed E-state index contributed by atoms with van der Waals surface area (Å²) in [5, 5.41) is 48.9. The highest BCUT2D eigenvalue weighted by Crippen LogP contribution is 2.27. The first-order valence-corrected chi connectivity index (χ1v) is 7.67. The van der Waals surface area contributed by atoms with Crippen LogP contribution in [0.1, 0.15) is 18.6 Å². The lowest BCUT2D eigenvalue weighted by Crippen LogP contribution is -2.59. The van der Waals surface area contributed by atoms with E-state index in [0.717, 1.165) is 0 Å². The van der Waals surface area contributed by atoms with E-state index in [1.165, 1.54) is 7.11 Å². The van der Waals surface area contributed by atoms with Crippen LogP contribution in [0.4, 0.5) is 0 Å². The van der Waals surface area contributed by atoms with Crippen LogP contribution >= 0.6 is 0 Å².